The number of carbonyl (C=O) groups excluding carboxylic acids is 1. The quantitative estimate of drug-likeness (QED) is 0.0175. The zero-order valence-corrected chi connectivity index (χ0v) is 47.0. The molecule has 2 aliphatic heterocycles. The van der Waals surface area contributed by atoms with Crippen LogP contribution in [-0.4, -0.2) is 183 Å². The number of fused-ring (bicyclic) bond motifs is 2. The second kappa shape index (κ2) is 33.0. The molecule has 2 fully saturated rings. The Kier molecular flexibility index (Phi) is 25.4. The van der Waals surface area contributed by atoms with Crippen molar-refractivity contribution in [2.24, 2.45) is 0 Å². The highest BCUT2D eigenvalue weighted by Gasteiger charge is 2.18. The minimum absolute atomic E-state index is 0. The Labute approximate surface area is 480 Å². The number of nitrogens with two attached hydrogens (primary N) is 1. The maximum atomic E-state index is 11.2. The van der Waals surface area contributed by atoms with E-state index in [9.17, 15) is 20.1 Å². The predicted molar refractivity (Wildman–Crippen MR) is 323 cm³/mol. The summed E-state index contributed by atoms with van der Waals surface area (Å²) < 4.78 is 14.9. The molecule has 0 spiro atoms. The van der Waals surface area contributed by atoms with Crippen LogP contribution in [0.25, 0.3) is 27.5 Å². The summed E-state index contributed by atoms with van der Waals surface area (Å²) in [5, 5.41) is 55.8. The van der Waals surface area contributed by atoms with Crippen LogP contribution >= 0.6 is 0 Å². The first-order valence-electron chi connectivity index (χ1n) is 27.3. The number of pyridine rings is 4. The monoisotopic (exact) mass is 1120 g/mol. The molecule has 0 bridgehead atoms. The second-order valence-corrected chi connectivity index (χ2v) is 19.5. The Hall–Kier alpha value is -8.06. The third-order valence-electron chi connectivity index (χ3n) is 13.6. The Balaban J connectivity index is 0.000000220. The molecule has 0 unspecified atom stereocenters. The van der Waals surface area contributed by atoms with E-state index in [1.165, 1.54) is 0 Å². The van der Waals surface area contributed by atoms with Crippen LogP contribution in [0.2, 0.25) is 0 Å². The summed E-state index contributed by atoms with van der Waals surface area (Å²) >= 11 is 0. The lowest BCUT2D eigenvalue weighted by atomic mass is 10.1. The van der Waals surface area contributed by atoms with Crippen molar-refractivity contribution in [2.75, 3.05) is 114 Å². The van der Waals surface area contributed by atoms with Gasteiger partial charge in [0.05, 0.1) is 84.3 Å². The van der Waals surface area contributed by atoms with Gasteiger partial charge in [0.25, 0.3) is 0 Å². The molecule has 3 radical (unpaired) electrons. The van der Waals surface area contributed by atoms with Crippen molar-refractivity contribution in [2.45, 2.75) is 59.2 Å². The molecule has 23 heteroatoms. The van der Waals surface area contributed by atoms with Gasteiger partial charge >= 0.3 is 0 Å². The van der Waals surface area contributed by atoms with Gasteiger partial charge in [-0.3, -0.25) is 34.5 Å². The van der Waals surface area contributed by atoms with E-state index in [1.807, 2.05) is 48.9 Å². The first-order valence-corrected chi connectivity index (χ1v) is 27.3. The molecule has 82 heavy (non-hydrogen) atoms. The normalized spacial score (nSPS) is 13.4. The fourth-order valence-electron chi connectivity index (χ4n) is 9.33. The first-order chi connectivity index (χ1) is 39.6. The molecule has 0 amide bonds. The smallest absolute Gasteiger partial charge is 0.204 e. The third kappa shape index (κ3) is 18.2. The lowest BCUT2D eigenvalue weighted by Gasteiger charge is -2.26. The average molecular weight is 1120 g/mol. The number of nitrogen functional groups attached to an aromatic ring is 1. The molecule has 9 N–H and O–H groups in total. The molecule has 22 nitrogen and oxygen atoms in total. The highest BCUT2D eigenvalue weighted by atomic mass is 16.5. The Bertz CT molecular complexity index is 3240. The number of benzene rings is 2. The van der Waals surface area contributed by atoms with Gasteiger partial charge in [-0.2, -0.15) is 0 Å². The fourth-order valence-corrected chi connectivity index (χ4v) is 9.33. The highest BCUT2D eigenvalue weighted by Crippen LogP contribution is 2.27. The highest BCUT2D eigenvalue weighted by molar-refractivity contribution is 5.86. The van der Waals surface area contributed by atoms with E-state index < -0.39 is 0 Å². The van der Waals surface area contributed by atoms with Crippen LogP contribution in [0.5, 0.6) is 11.5 Å². The van der Waals surface area contributed by atoms with Crippen LogP contribution in [-0.2, 0) is 41.9 Å². The van der Waals surface area contributed by atoms with Gasteiger partial charge in [0, 0.05) is 111 Å². The Morgan fingerprint density at radius 3 is 1.66 bits per heavy atom. The summed E-state index contributed by atoms with van der Waals surface area (Å²) in [5.74, 6) is 1.77. The van der Waals surface area contributed by atoms with Gasteiger partial charge in [-0.1, -0.05) is 6.07 Å². The van der Waals surface area contributed by atoms with Crippen molar-refractivity contribution in [3.8, 4) is 11.5 Å². The number of hydrogen-bond acceptors (Lipinski definition) is 19. The van der Waals surface area contributed by atoms with Crippen molar-refractivity contribution in [3.63, 3.8) is 0 Å². The van der Waals surface area contributed by atoms with Gasteiger partial charge in [-0.15, -0.1) is 0 Å². The summed E-state index contributed by atoms with van der Waals surface area (Å²) in [7, 11) is 0. The number of carbonyl (C=O) groups is 1. The molecule has 2 aromatic carbocycles. The first kappa shape index (κ1) is 63.1. The minimum atomic E-state index is 0. The number of aromatic nitrogens is 8. The van der Waals surface area contributed by atoms with Gasteiger partial charge in [0.2, 0.25) is 11.9 Å². The molecule has 0 atom stereocenters. The predicted octanol–water partition coefficient (Wildman–Crippen LogP) is 5.68. The molecule has 8 heterocycles. The van der Waals surface area contributed by atoms with E-state index in [4.69, 9.17) is 35.7 Å². The zero-order valence-electron chi connectivity index (χ0n) is 47.0. The van der Waals surface area contributed by atoms with Gasteiger partial charge in [-0.25, -0.2) is 16.7 Å². The number of aliphatic hydroxyl groups excluding tert-OH is 2. The molecule has 0 aliphatic carbocycles. The minimum Gasteiger partial charge on any atom is -0.817 e. The number of aldehydes is 1. The second-order valence-electron chi connectivity index (χ2n) is 19.5. The SMILES string of the molecule is C=[N-].Cc1cnc(CCO)c(N)c1.Cc1cnc(CCO)c(NCc2ccc3nc(NCCCN4CCOCC4)n(Cc4ncccc4O)c3c2)c1.O=Cc1ccc2nc(NCCCN3CCOCC3)n(Cc3ncccc3O)c2c1.[B]. The van der Waals surface area contributed by atoms with Crippen LogP contribution in [0.15, 0.2) is 97.6 Å². The molecule has 2 aliphatic rings. The summed E-state index contributed by atoms with van der Waals surface area (Å²) in [6.45, 7) is 18.4. The number of ether oxygens (including phenoxy) is 2. The molecule has 8 aromatic rings. The van der Waals surface area contributed by atoms with E-state index in [-0.39, 0.29) is 33.1 Å². The van der Waals surface area contributed by atoms with E-state index in [1.54, 1.807) is 48.9 Å². The molecule has 6 aromatic heterocycles. The fraction of sp³-hybridized carbons (Fsp3) is 0.390. The van der Waals surface area contributed by atoms with Crippen LogP contribution in [0.1, 0.15) is 62.7 Å². The van der Waals surface area contributed by atoms with Crippen LogP contribution in [0.4, 0.5) is 23.3 Å². The number of aromatic hydroxyl groups is 2. The zero-order chi connectivity index (χ0) is 57.3. The maximum absolute atomic E-state index is 11.2. The summed E-state index contributed by atoms with van der Waals surface area (Å²) in [6, 6.07) is 22.3. The summed E-state index contributed by atoms with van der Waals surface area (Å²) in [6.07, 6.45) is 10.8. The van der Waals surface area contributed by atoms with Crippen LogP contribution < -0.4 is 21.7 Å². The number of morpholine rings is 2. The van der Waals surface area contributed by atoms with Crippen molar-refractivity contribution in [1.29, 1.82) is 0 Å². The molecular weight excluding hydrogens is 1040 g/mol. The number of hydrogen-bond donors (Lipinski definition) is 8. The van der Waals surface area contributed by atoms with Gasteiger partial charge in [0.15, 0.2) is 0 Å². The average Bonchev–Trinajstić information content (AvgIpc) is 4.10. The molecule has 433 valence electrons. The third-order valence-corrected chi connectivity index (χ3v) is 13.6. The number of anilines is 4. The van der Waals surface area contributed by atoms with Crippen molar-refractivity contribution >= 4 is 66.8 Å². The molecule has 2 saturated heterocycles. The summed E-state index contributed by atoms with van der Waals surface area (Å²) in [4.78, 5) is 42.9. The van der Waals surface area contributed by atoms with Gasteiger partial charge < -0.3 is 66.1 Å². The number of rotatable bonds is 22. The number of nitrogens with zero attached hydrogens (tertiary/aromatic N) is 11. The lowest BCUT2D eigenvalue weighted by molar-refractivity contribution is 0.0378. The molecule has 10 rings (SSSR count). The van der Waals surface area contributed by atoms with Crippen LogP contribution in [0, 0.1) is 13.8 Å². The number of nitrogens with one attached hydrogen (secondary N) is 3. The largest absolute Gasteiger partial charge is 0.817 e. The van der Waals surface area contributed by atoms with E-state index in [0.29, 0.717) is 61.1 Å². The van der Waals surface area contributed by atoms with Crippen molar-refractivity contribution in [3.05, 3.63) is 148 Å². The van der Waals surface area contributed by atoms with E-state index >= 15 is 0 Å². The number of imidazole rings is 2. The van der Waals surface area contributed by atoms with Crippen LogP contribution in [0.3, 0.4) is 0 Å². The maximum Gasteiger partial charge on any atom is 0.204 e. The van der Waals surface area contributed by atoms with Gasteiger partial charge in [-0.05, 0) is 123 Å². The standard InChI is InChI=1S/C29H37N7O3.C21H25N5O3.C8H12N2O.CH2N.B/c1-21-16-25(23(7-13-37)32-18-21)33-19-22-5-6-24-27(17-22)36(20-26-28(38)4-2-8-30-26)29(34-24)31-9-3-10-35-11-14-39-15-12-35;27-15-16-4-5-17-19(13-16)26(14-18-20(28)3-1-6-22-18)21(24-17)23-7-2-8-25-9-11-29-12-10-25;1-6-4-7(9)8(2-3-11)10-5-6;1-2;/h2,4-6,8,16-18,33,37-38H,3,7,9-15,19-20H2,1H3,(H,31,34);1,3-6,13,15,28H,2,7-12,14H2,(H,23,24);4-5,11H,2-3,9H2,1H3;1H2;/q;;;-1;. The Morgan fingerprint density at radius 2 is 1.15 bits per heavy atom. The van der Waals surface area contributed by atoms with E-state index in [2.05, 4.69) is 75.2 Å². The topological polar surface area (TPSA) is 295 Å². The van der Waals surface area contributed by atoms with E-state index in [0.717, 1.165) is 160 Å². The lowest BCUT2D eigenvalue weighted by Crippen LogP contribution is -2.37. The number of aliphatic hydroxyl groups is 2. The molecular formula is C59H76BN15O7-. The van der Waals surface area contributed by atoms with Crippen molar-refractivity contribution < 1.29 is 34.7 Å². The van der Waals surface area contributed by atoms with Crippen molar-refractivity contribution in [1.82, 2.24) is 48.8 Å². The number of aryl methyl sites for hydroxylation is 2. The van der Waals surface area contributed by atoms with Gasteiger partial charge in [0.1, 0.15) is 29.2 Å². The summed E-state index contributed by atoms with van der Waals surface area (Å²) in [5.41, 5.74) is 17.3. The Morgan fingerprint density at radius 1 is 0.646 bits per heavy atom. The molecule has 0 saturated carbocycles.